The third kappa shape index (κ3) is 1.53. The molecule has 4 heteroatoms. The van der Waals surface area contributed by atoms with Crippen LogP contribution < -0.4 is 11.3 Å². The van der Waals surface area contributed by atoms with Crippen molar-refractivity contribution in [3.05, 3.63) is 29.3 Å². The highest BCUT2D eigenvalue weighted by Gasteiger charge is 2.00. The number of rotatable bonds is 2. The summed E-state index contributed by atoms with van der Waals surface area (Å²) in [6, 6.07) is 6.86. The van der Waals surface area contributed by atoms with Gasteiger partial charge in [0.2, 0.25) is 0 Å². The normalized spacial score (nSPS) is 9.08. The average molecular weight is 163 g/mol. The topological polar surface area (TPSA) is 82.1 Å². The van der Waals surface area contributed by atoms with Crippen LogP contribution in [0.5, 0.6) is 0 Å². The number of nitrogens with zero attached hydrogens (tertiary/aromatic N) is 1. The minimum absolute atomic E-state index is 0.130. The van der Waals surface area contributed by atoms with E-state index < -0.39 is 0 Å². The van der Waals surface area contributed by atoms with Crippen molar-refractivity contribution in [1.82, 2.24) is 0 Å². The molecule has 0 fully saturated rings. The van der Waals surface area contributed by atoms with Gasteiger partial charge in [-0.1, -0.05) is 0 Å². The third-order valence-electron chi connectivity index (χ3n) is 1.56. The van der Waals surface area contributed by atoms with Crippen molar-refractivity contribution in [3.8, 4) is 6.07 Å². The summed E-state index contributed by atoms with van der Waals surface area (Å²) in [5.41, 5.74) is 4.20. The summed E-state index contributed by atoms with van der Waals surface area (Å²) in [4.78, 5) is 0. The largest absolute Gasteiger partial charge is 0.392 e. The highest BCUT2D eigenvalue weighted by atomic mass is 16.3. The molecule has 0 heterocycles. The van der Waals surface area contributed by atoms with Crippen LogP contribution >= 0.6 is 0 Å². The molecule has 0 unspecified atom stereocenters. The first kappa shape index (κ1) is 8.53. The number of aliphatic hydroxyl groups excluding tert-OH is 1. The molecular formula is C8H9N3O. The second-order valence-electron chi connectivity index (χ2n) is 2.29. The van der Waals surface area contributed by atoms with Gasteiger partial charge in [0.25, 0.3) is 0 Å². The minimum atomic E-state index is -0.130. The molecule has 0 aliphatic rings. The van der Waals surface area contributed by atoms with Gasteiger partial charge in [0, 0.05) is 5.56 Å². The van der Waals surface area contributed by atoms with Gasteiger partial charge in [0.05, 0.1) is 23.9 Å². The summed E-state index contributed by atoms with van der Waals surface area (Å²) < 4.78 is 0. The van der Waals surface area contributed by atoms with Crippen molar-refractivity contribution in [1.29, 1.82) is 5.26 Å². The van der Waals surface area contributed by atoms with Gasteiger partial charge < -0.3 is 10.5 Å². The number of aliphatic hydroxyl groups is 1. The highest BCUT2D eigenvalue weighted by molar-refractivity contribution is 5.53. The number of hydrogen-bond donors (Lipinski definition) is 3. The Hall–Kier alpha value is -1.57. The van der Waals surface area contributed by atoms with Crippen molar-refractivity contribution >= 4 is 5.69 Å². The lowest BCUT2D eigenvalue weighted by atomic mass is 10.1. The van der Waals surface area contributed by atoms with Crippen molar-refractivity contribution in [2.45, 2.75) is 6.61 Å². The second-order valence-corrected chi connectivity index (χ2v) is 2.29. The fourth-order valence-corrected chi connectivity index (χ4v) is 0.935. The van der Waals surface area contributed by atoms with Gasteiger partial charge in [0.1, 0.15) is 0 Å². The molecular weight excluding hydrogens is 154 g/mol. The average Bonchev–Trinajstić information content (AvgIpc) is 2.16. The molecule has 0 atom stereocenters. The zero-order valence-electron chi connectivity index (χ0n) is 6.41. The van der Waals surface area contributed by atoms with Crippen LogP contribution in [0.1, 0.15) is 11.1 Å². The predicted octanol–water partition coefficient (Wildman–Crippen LogP) is 0.336. The Labute approximate surface area is 70.2 Å². The molecule has 1 aromatic rings. The van der Waals surface area contributed by atoms with E-state index in [0.717, 1.165) is 0 Å². The SMILES string of the molecule is N#Cc1ccc(NN)c(CO)c1. The molecule has 0 amide bonds. The van der Waals surface area contributed by atoms with Gasteiger partial charge >= 0.3 is 0 Å². The van der Waals surface area contributed by atoms with Crippen LogP contribution in [0, 0.1) is 11.3 Å². The van der Waals surface area contributed by atoms with Crippen LogP contribution in [0.4, 0.5) is 5.69 Å². The fraction of sp³-hybridized carbons (Fsp3) is 0.125. The van der Waals surface area contributed by atoms with Crippen LogP contribution in [0.2, 0.25) is 0 Å². The maximum Gasteiger partial charge on any atom is 0.0991 e. The van der Waals surface area contributed by atoms with Gasteiger partial charge in [0.15, 0.2) is 0 Å². The molecule has 12 heavy (non-hydrogen) atoms. The Balaban J connectivity index is 3.13. The third-order valence-corrected chi connectivity index (χ3v) is 1.56. The molecule has 0 bridgehead atoms. The van der Waals surface area contributed by atoms with E-state index in [-0.39, 0.29) is 6.61 Å². The van der Waals surface area contributed by atoms with Crippen LogP contribution in [-0.2, 0) is 6.61 Å². The molecule has 4 N–H and O–H groups in total. The number of nitrogen functional groups attached to an aromatic ring is 1. The van der Waals surface area contributed by atoms with E-state index in [1.165, 1.54) is 0 Å². The summed E-state index contributed by atoms with van der Waals surface area (Å²) in [6.07, 6.45) is 0. The van der Waals surface area contributed by atoms with Crippen molar-refractivity contribution in [3.63, 3.8) is 0 Å². The standard InChI is InChI=1S/C8H9N3O/c9-4-6-1-2-8(11-10)7(3-6)5-12/h1-3,11-12H,5,10H2. The van der Waals surface area contributed by atoms with Gasteiger partial charge in [-0.05, 0) is 18.2 Å². The summed E-state index contributed by atoms with van der Waals surface area (Å²) in [5.74, 6) is 5.17. The number of nitrogens with two attached hydrogens (primary N) is 1. The van der Waals surface area contributed by atoms with E-state index in [1.54, 1.807) is 18.2 Å². The first-order valence-electron chi connectivity index (χ1n) is 3.42. The minimum Gasteiger partial charge on any atom is -0.392 e. The van der Waals surface area contributed by atoms with E-state index in [1.807, 2.05) is 6.07 Å². The summed E-state index contributed by atoms with van der Waals surface area (Å²) in [7, 11) is 0. The summed E-state index contributed by atoms with van der Waals surface area (Å²) in [5, 5.41) is 17.4. The van der Waals surface area contributed by atoms with Gasteiger partial charge in [-0.25, -0.2) is 0 Å². The van der Waals surface area contributed by atoms with E-state index in [9.17, 15) is 0 Å². The molecule has 1 aromatic carbocycles. The predicted molar refractivity (Wildman–Crippen MR) is 44.9 cm³/mol. The molecule has 62 valence electrons. The van der Waals surface area contributed by atoms with Crippen LogP contribution in [0.25, 0.3) is 0 Å². The Morgan fingerprint density at radius 1 is 1.58 bits per heavy atom. The van der Waals surface area contributed by atoms with Crippen LogP contribution in [0.15, 0.2) is 18.2 Å². The number of hydrogen-bond acceptors (Lipinski definition) is 4. The number of anilines is 1. The van der Waals surface area contributed by atoms with Gasteiger partial charge in [-0.3, -0.25) is 5.84 Å². The quantitative estimate of drug-likeness (QED) is 0.433. The van der Waals surface area contributed by atoms with Crippen molar-refractivity contribution in [2.75, 3.05) is 5.43 Å². The van der Waals surface area contributed by atoms with Crippen LogP contribution in [-0.4, -0.2) is 5.11 Å². The highest BCUT2D eigenvalue weighted by Crippen LogP contribution is 2.15. The van der Waals surface area contributed by atoms with E-state index in [4.69, 9.17) is 16.2 Å². The molecule has 0 aliphatic heterocycles. The number of benzene rings is 1. The zero-order valence-corrected chi connectivity index (χ0v) is 6.41. The fourth-order valence-electron chi connectivity index (χ4n) is 0.935. The van der Waals surface area contributed by atoms with Crippen molar-refractivity contribution in [2.24, 2.45) is 5.84 Å². The van der Waals surface area contributed by atoms with E-state index >= 15 is 0 Å². The molecule has 0 saturated heterocycles. The number of nitrogens with one attached hydrogen (secondary N) is 1. The summed E-state index contributed by atoms with van der Waals surface area (Å²) in [6.45, 7) is -0.130. The Morgan fingerprint density at radius 3 is 2.83 bits per heavy atom. The lowest BCUT2D eigenvalue weighted by Gasteiger charge is -2.05. The first-order valence-corrected chi connectivity index (χ1v) is 3.42. The Morgan fingerprint density at radius 2 is 2.33 bits per heavy atom. The van der Waals surface area contributed by atoms with E-state index in [0.29, 0.717) is 16.8 Å². The van der Waals surface area contributed by atoms with Gasteiger partial charge in [-0.2, -0.15) is 5.26 Å². The lowest BCUT2D eigenvalue weighted by molar-refractivity contribution is 0.282. The Kier molecular flexibility index (Phi) is 2.64. The molecule has 0 radical (unpaired) electrons. The maximum absolute atomic E-state index is 8.86. The number of hydrazine groups is 1. The van der Waals surface area contributed by atoms with Crippen LogP contribution in [0.3, 0.4) is 0 Å². The molecule has 0 aromatic heterocycles. The zero-order chi connectivity index (χ0) is 8.97. The van der Waals surface area contributed by atoms with Gasteiger partial charge in [-0.15, -0.1) is 0 Å². The van der Waals surface area contributed by atoms with Crippen molar-refractivity contribution < 1.29 is 5.11 Å². The van der Waals surface area contributed by atoms with E-state index in [2.05, 4.69) is 5.43 Å². The molecule has 0 saturated carbocycles. The smallest absolute Gasteiger partial charge is 0.0991 e. The maximum atomic E-state index is 8.86. The Bertz CT molecular complexity index is 317. The molecule has 0 aliphatic carbocycles. The summed E-state index contributed by atoms with van der Waals surface area (Å²) >= 11 is 0. The molecule has 0 spiro atoms. The first-order chi connectivity index (χ1) is 5.81. The molecule has 1 rings (SSSR count). The second kappa shape index (κ2) is 3.72. The number of nitriles is 1. The lowest BCUT2D eigenvalue weighted by Crippen LogP contribution is -2.09. The monoisotopic (exact) mass is 163 g/mol. The molecule has 4 nitrogen and oxygen atoms in total.